The first-order valence-corrected chi connectivity index (χ1v) is 33.1. The molecular formula is C69H67Br7K2LiN9O13. The summed E-state index contributed by atoms with van der Waals surface area (Å²) in [5, 5.41) is 54.6. The van der Waals surface area contributed by atoms with Gasteiger partial charge in [0.25, 0.3) is 6.47 Å². The Labute approximate surface area is 742 Å². The van der Waals surface area contributed by atoms with E-state index in [1.54, 1.807) is 80.6 Å². The van der Waals surface area contributed by atoms with E-state index < -0.39 is 24.1 Å². The number of hydrogen-bond acceptors (Lipinski definition) is 18. The first-order chi connectivity index (χ1) is 44.9. The predicted octanol–water partition coefficient (Wildman–Crippen LogP) is 9.04. The van der Waals surface area contributed by atoms with Gasteiger partial charge in [-0.3, -0.25) is 9.59 Å². The van der Waals surface area contributed by atoms with Crippen LogP contribution in [0.5, 0.6) is 17.2 Å². The number of carbonyl (C=O) groups is 4. The van der Waals surface area contributed by atoms with E-state index >= 15 is 0 Å². The fourth-order valence-corrected chi connectivity index (χ4v) is 10.6. The van der Waals surface area contributed by atoms with E-state index in [-0.39, 0.29) is 188 Å². The normalized spacial score (nSPS) is 10.6. The molecule has 0 radical (unpaired) electrons. The van der Waals surface area contributed by atoms with E-state index in [2.05, 4.69) is 147 Å². The molecule has 3 heterocycles. The zero-order valence-corrected chi connectivity index (χ0v) is 69.2. The molecule has 32 heteroatoms. The maximum Gasteiger partial charge on any atom is 1.00 e. The number of carboxylic acid groups (broad SMARTS) is 1. The Bertz CT molecular complexity index is 4440. The molecule has 22 nitrogen and oxygen atoms in total. The van der Waals surface area contributed by atoms with Crippen LogP contribution >= 0.6 is 112 Å². The van der Waals surface area contributed by atoms with Crippen LogP contribution in [0.4, 0.5) is 0 Å². The van der Waals surface area contributed by atoms with Gasteiger partial charge in [0.05, 0.1) is 13.2 Å². The van der Waals surface area contributed by atoms with Crippen LogP contribution in [0.3, 0.4) is 0 Å². The van der Waals surface area contributed by atoms with Gasteiger partial charge in [-0.2, -0.15) is 0 Å². The van der Waals surface area contributed by atoms with Crippen molar-refractivity contribution in [3.8, 4) is 34.3 Å². The molecule has 12 aromatic rings. The largest absolute Gasteiger partial charge is 1.00 e. The van der Waals surface area contributed by atoms with Crippen molar-refractivity contribution >= 4 is 169 Å². The molecule has 0 saturated heterocycles. The van der Waals surface area contributed by atoms with E-state index in [1.807, 2.05) is 133 Å². The summed E-state index contributed by atoms with van der Waals surface area (Å²) in [6.45, 7) is 4.03. The Balaban J connectivity index is 0. The molecule has 0 amide bonds. The second-order valence-corrected chi connectivity index (χ2v) is 25.2. The monoisotopic (exact) mass is 1870 g/mol. The van der Waals surface area contributed by atoms with Gasteiger partial charge in [0.2, 0.25) is 12.2 Å². The van der Waals surface area contributed by atoms with Gasteiger partial charge in [0.1, 0.15) is 72.2 Å². The van der Waals surface area contributed by atoms with E-state index in [1.165, 1.54) is 14.4 Å². The van der Waals surface area contributed by atoms with Crippen molar-refractivity contribution in [1.82, 2.24) is 45.0 Å². The summed E-state index contributed by atoms with van der Waals surface area (Å²) in [6, 6.07) is 60.4. The molecule has 0 saturated carbocycles. The number of aromatic hydroxyl groups is 1. The van der Waals surface area contributed by atoms with E-state index in [4.69, 9.17) is 29.0 Å². The maximum atomic E-state index is 12.7. The molecule has 0 aliphatic carbocycles. The molecule has 0 aliphatic rings. The van der Waals surface area contributed by atoms with Gasteiger partial charge in [-0.15, -0.1) is 45.0 Å². The number of carboxylic acids is 1. The number of carbonyl (C=O) groups excluding carboxylic acids is 3. The van der Waals surface area contributed by atoms with Gasteiger partial charge in [-0.1, -0.05) is 214 Å². The molecule has 101 heavy (non-hydrogen) atoms. The minimum Gasteiger partial charge on any atom is -1.00 e. The number of aliphatic carboxylic acids is 1. The van der Waals surface area contributed by atoms with Gasteiger partial charge >= 0.3 is 140 Å². The fraction of sp³-hybridized carbons (Fsp3) is 0.159. The zero-order chi connectivity index (χ0) is 66.6. The molecule has 0 spiro atoms. The number of esters is 2. The SMILES string of the molecule is C.C.C.C.CCOC(=O)C(Br)c1ccc(Br)cc1.CCOC(=O)C(Oc1ccc(Br)cc1-n1nc2ccccc2n1)c1ccc(Br)cc1.O=C(O)C(Oc1ccc(Br)cc1-n1nc2ccccc2n1)c1ccc(Br)cc1.O=CO[O-].Oc1ccc(Br)cc1-n1nc2ccccc2n1.[H-].[K+].[K+].[Li+].[OH-]. The molecule has 0 aliphatic heterocycles. The summed E-state index contributed by atoms with van der Waals surface area (Å²) >= 11 is 23.7. The van der Waals surface area contributed by atoms with Crippen molar-refractivity contribution in [2.45, 2.75) is 60.6 Å². The third kappa shape index (κ3) is 28.1. The van der Waals surface area contributed by atoms with Gasteiger partial charge in [0.15, 0.2) is 0 Å². The molecule has 3 aromatic heterocycles. The molecular weight excluding hydrogens is 1810 g/mol. The molecule has 3 unspecified atom stereocenters. The Kier molecular flexibility index (Phi) is 46.6. The molecule has 12 rings (SSSR count). The predicted molar refractivity (Wildman–Crippen MR) is 400 cm³/mol. The molecule has 518 valence electrons. The van der Waals surface area contributed by atoms with Gasteiger partial charge in [0, 0.05) is 38.0 Å². The Morgan fingerprint density at radius 1 is 0.465 bits per heavy atom. The molecule has 3 N–H and O–H groups in total. The van der Waals surface area contributed by atoms with Crippen LogP contribution in [0.15, 0.2) is 227 Å². The van der Waals surface area contributed by atoms with Crippen LogP contribution < -0.4 is 136 Å². The number of phenols is 1. The second kappa shape index (κ2) is 48.7. The Hall–Kier alpha value is -4.39. The van der Waals surface area contributed by atoms with Gasteiger partial charge in [-0.25, -0.2) is 9.59 Å². The smallest absolute Gasteiger partial charge is 1.00 e. The van der Waals surface area contributed by atoms with Crippen molar-refractivity contribution in [1.29, 1.82) is 0 Å². The third-order valence-corrected chi connectivity index (χ3v) is 16.5. The minimum absolute atomic E-state index is 0. The number of phenolic OH excluding ortho intramolecular Hbond substituents is 1. The molecule has 3 atom stereocenters. The van der Waals surface area contributed by atoms with E-state index in [9.17, 15) is 24.6 Å². The average molecular weight is 1870 g/mol. The van der Waals surface area contributed by atoms with Gasteiger partial charge in [-0.05, 0) is 147 Å². The standard InChI is InChI=1S/C22H17Br2N3O3.C20H13Br2N3O3.C12H8BrN3O.C10H10Br2O2.CH2O3.4CH4.2K.Li.H2O.H/c1-2-29-22(28)21(14-7-9-15(23)10-8-14)30-20-12-11-16(24)13-19(20)27-25-17-5-3-4-6-18(17)26-27;21-13-7-5-12(6-8-13)19(20(26)27)28-18-10-9-14(22)11-17(18)25-23-15-3-1-2-4-16(15)24-25;13-8-5-6-12(17)11(7-8)16-14-9-3-1-2-4-10(9)15-16;1-2-14-10(13)9(12)7-3-5-8(11)6-4-7;2-1-4-3;;;;;;;;;/h3-13,21H,2H2,1H3;1-11,19H,(H,26,27);1-7,17H;3-6,9H,2H2,1H3;1,3H;4*1H4;;;;1H2;/q;;;;;;;;;3*+1;;-1/p-2. The number of alkyl halides is 1. The fourth-order valence-electron chi connectivity index (χ4n) is 8.30. The summed E-state index contributed by atoms with van der Waals surface area (Å²) in [5.74, 6) is -0.844. The Morgan fingerprint density at radius 2 is 0.743 bits per heavy atom. The third-order valence-electron chi connectivity index (χ3n) is 12.5. The van der Waals surface area contributed by atoms with Crippen molar-refractivity contribution in [2.75, 3.05) is 13.2 Å². The van der Waals surface area contributed by atoms with Crippen molar-refractivity contribution < 1.29 is 187 Å². The molecule has 9 aromatic carbocycles. The summed E-state index contributed by atoms with van der Waals surface area (Å²) in [6.07, 6.45) is -2.10. The second-order valence-electron chi connectivity index (χ2n) is 18.8. The Morgan fingerprint density at radius 3 is 1.07 bits per heavy atom. The number of hydrogen-bond donors (Lipinski definition) is 2. The van der Waals surface area contributed by atoms with Crippen molar-refractivity contribution in [3.05, 3.63) is 244 Å². The first-order valence-electron chi connectivity index (χ1n) is 27.4. The number of halogens is 7. The van der Waals surface area contributed by atoms with Crippen LogP contribution in [0.1, 0.15) is 78.7 Å². The van der Waals surface area contributed by atoms with Crippen LogP contribution in [-0.2, 0) is 33.5 Å². The van der Waals surface area contributed by atoms with Crippen LogP contribution in [0, 0.1) is 0 Å². The van der Waals surface area contributed by atoms with Crippen molar-refractivity contribution in [3.63, 3.8) is 0 Å². The number of nitrogens with zero attached hydrogens (tertiary/aromatic N) is 9. The quantitative estimate of drug-likeness (QED) is 0.0227. The number of fused-ring (bicyclic) bond motifs is 3. The number of ether oxygens (including phenoxy) is 4. The van der Waals surface area contributed by atoms with Crippen molar-refractivity contribution in [2.24, 2.45) is 0 Å². The first kappa shape index (κ1) is 96.6. The van der Waals surface area contributed by atoms with Crippen LogP contribution in [-0.4, -0.2) is 98.3 Å². The van der Waals surface area contributed by atoms with Crippen LogP contribution in [0.25, 0.3) is 50.2 Å². The molecule has 0 fully saturated rings. The summed E-state index contributed by atoms with van der Waals surface area (Å²) in [5.41, 5.74) is 8.39. The minimum atomic E-state index is -1.17. The molecule has 0 bridgehead atoms. The average Bonchev–Trinajstić information content (AvgIpc) is 1.67. The van der Waals surface area contributed by atoms with Gasteiger partial charge < -0.3 is 46.2 Å². The maximum absolute atomic E-state index is 12.7. The van der Waals surface area contributed by atoms with E-state index in [0.29, 0.717) is 46.3 Å². The van der Waals surface area contributed by atoms with E-state index in [0.717, 1.165) is 65.5 Å². The van der Waals surface area contributed by atoms with Crippen LogP contribution in [0.2, 0.25) is 0 Å². The summed E-state index contributed by atoms with van der Waals surface area (Å²) < 4.78 is 27.5. The number of benzene rings is 9. The number of rotatable bonds is 16. The summed E-state index contributed by atoms with van der Waals surface area (Å²) in [7, 11) is 0. The zero-order valence-electron chi connectivity index (χ0n) is 52.9. The number of aromatic nitrogens is 9. The topological polar surface area (TPSA) is 300 Å². The summed E-state index contributed by atoms with van der Waals surface area (Å²) in [4.78, 5) is 51.2.